The molecule has 0 saturated heterocycles. The average molecular weight is 302 g/mol. The smallest absolute Gasteiger partial charge is 0.263 e. The van der Waals surface area contributed by atoms with Crippen LogP contribution in [0.2, 0.25) is 0 Å². The average Bonchev–Trinajstić information content (AvgIpc) is 2.77. The molecule has 1 aliphatic rings. The van der Waals surface area contributed by atoms with Gasteiger partial charge in [-0.2, -0.15) is 0 Å². The van der Waals surface area contributed by atoms with Gasteiger partial charge in [-0.25, -0.2) is 8.42 Å². The van der Waals surface area contributed by atoms with Crippen molar-refractivity contribution in [2.24, 2.45) is 4.99 Å². The summed E-state index contributed by atoms with van der Waals surface area (Å²) in [4.78, 5) is 4.65. The Hall–Kier alpha value is -2.34. The maximum absolute atomic E-state index is 12.0. The van der Waals surface area contributed by atoms with E-state index in [9.17, 15) is 8.42 Å². The monoisotopic (exact) mass is 302 g/mol. The van der Waals surface area contributed by atoms with Crippen molar-refractivity contribution in [3.05, 3.63) is 59.7 Å². The molecule has 0 saturated carbocycles. The Balaban J connectivity index is 1.96. The number of hydrogen-bond donors (Lipinski definition) is 1. The summed E-state index contributed by atoms with van der Waals surface area (Å²) in [6.45, 7) is 0.343. The number of amidine groups is 1. The maximum atomic E-state index is 12.0. The summed E-state index contributed by atoms with van der Waals surface area (Å²) in [6, 6.07) is 14.3. The summed E-state index contributed by atoms with van der Waals surface area (Å²) in [5.74, 6) is 1.10. The molecule has 6 heteroatoms. The van der Waals surface area contributed by atoms with Gasteiger partial charge in [0.1, 0.15) is 11.6 Å². The molecular formula is C15H14N2O3S. The second kappa shape index (κ2) is 5.21. The molecule has 0 spiro atoms. The summed E-state index contributed by atoms with van der Waals surface area (Å²) in [5, 5.41) is 0. The van der Waals surface area contributed by atoms with Crippen LogP contribution in [-0.2, 0) is 16.6 Å². The van der Waals surface area contributed by atoms with E-state index in [2.05, 4.69) is 9.71 Å². The standard InChI is InChI=1S/C15H14N2O3S/c1-20-13-8-4-2-6-11(13)10-16-15-12-7-3-5-9-14(12)21(18,19)17-15/h2-9H,10H2,1H3,(H,16,17). The molecule has 0 atom stereocenters. The van der Waals surface area contributed by atoms with Gasteiger partial charge >= 0.3 is 0 Å². The van der Waals surface area contributed by atoms with Crippen molar-refractivity contribution in [3.63, 3.8) is 0 Å². The topological polar surface area (TPSA) is 67.8 Å². The molecule has 3 rings (SSSR count). The molecule has 0 radical (unpaired) electrons. The van der Waals surface area contributed by atoms with E-state index >= 15 is 0 Å². The van der Waals surface area contributed by atoms with E-state index in [1.54, 1.807) is 31.4 Å². The van der Waals surface area contributed by atoms with Crippen molar-refractivity contribution in [2.75, 3.05) is 7.11 Å². The minimum absolute atomic E-state index is 0.267. The predicted molar refractivity (Wildman–Crippen MR) is 80.0 cm³/mol. The molecule has 0 unspecified atom stereocenters. The van der Waals surface area contributed by atoms with Crippen LogP contribution in [0.25, 0.3) is 0 Å². The number of nitrogens with one attached hydrogen (secondary N) is 1. The molecule has 2 aromatic carbocycles. The van der Waals surface area contributed by atoms with Gasteiger partial charge in [-0.15, -0.1) is 0 Å². The lowest BCUT2D eigenvalue weighted by Crippen LogP contribution is -2.22. The lowest BCUT2D eigenvalue weighted by atomic mass is 10.2. The van der Waals surface area contributed by atoms with E-state index in [4.69, 9.17) is 4.74 Å². The Labute approximate surface area is 123 Å². The molecule has 0 aliphatic carbocycles. The number of fused-ring (bicyclic) bond motifs is 1. The van der Waals surface area contributed by atoms with Crippen LogP contribution in [0.15, 0.2) is 58.4 Å². The van der Waals surface area contributed by atoms with Crippen LogP contribution >= 0.6 is 0 Å². The van der Waals surface area contributed by atoms with Crippen molar-refractivity contribution < 1.29 is 13.2 Å². The molecule has 1 heterocycles. The first-order chi connectivity index (χ1) is 10.1. The fourth-order valence-electron chi connectivity index (χ4n) is 2.25. The summed E-state index contributed by atoms with van der Waals surface area (Å²) >= 11 is 0. The molecule has 0 amide bonds. The molecule has 1 aliphatic heterocycles. The van der Waals surface area contributed by atoms with Crippen LogP contribution in [0.1, 0.15) is 11.1 Å². The minimum Gasteiger partial charge on any atom is -0.496 e. The van der Waals surface area contributed by atoms with E-state index in [0.717, 1.165) is 11.3 Å². The molecule has 0 aromatic heterocycles. The molecule has 21 heavy (non-hydrogen) atoms. The lowest BCUT2D eigenvalue weighted by Gasteiger charge is -2.06. The summed E-state index contributed by atoms with van der Waals surface area (Å²) in [7, 11) is -1.89. The summed E-state index contributed by atoms with van der Waals surface area (Å²) in [5.41, 5.74) is 1.50. The third kappa shape index (κ3) is 2.50. The van der Waals surface area contributed by atoms with E-state index in [-0.39, 0.29) is 4.90 Å². The fraction of sp³-hybridized carbons (Fsp3) is 0.133. The minimum atomic E-state index is -3.49. The summed E-state index contributed by atoms with van der Waals surface area (Å²) in [6.07, 6.45) is 0. The van der Waals surface area contributed by atoms with Gasteiger partial charge in [0.05, 0.1) is 18.6 Å². The third-order valence-corrected chi connectivity index (χ3v) is 4.66. The Morgan fingerprint density at radius 2 is 1.81 bits per heavy atom. The number of sulfonamides is 1. The number of hydrogen-bond acceptors (Lipinski definition) is 4. The lowest BCUT2D eigenvalue weighted by molar-refractivity contribution is 0.410. The molecule has 2 aromatic rings. The van der Waals surface area contributed by atoms with Gasteiger partial charge in [0.2, 0.25) is 0 Å². The molecular weight excluding hydrogens is 288 g/mol. The van der Waals surface area contributed by atoms with Crippen LogP contribution in [-0.4, -0.2) is 21.4 Å². The first-order valence-corrected chi connectivity index (χ1v) is 7.89. The number of aliphatic imine (C=N–C) groups is 1. The van der Waals surface area contributed by atoms with Crippen LogP contribution in [0, 0.1) is 0 Å². The molecule has 5 nitrogen and oxygen atoms in total. The number of benzene rings is 2. The predicted octanol–water partition coefficient (Wildman–Crippen LogP) is 1.93. The van der Waals surface area contributed by atoms with E-state index in [1.807, 2.05) is 24.3 Å². The van der Waals surface area contributed by atoms with Gasteiger partial charge < -0.3 is 4.74 Å². The zero-order chi connectivity index (χ0) is 14.9. The largest absolute Gasteiger partial charge is 0.496 e. The number of methoxy groups -OCH3 is 1. The maximum Gasteiger partial charge on any atom is 0.263 e. The summed E-state index contributed by atoms with van der Waals surface area (Å²) < 4.78 is 31.7. The number of rotatable bonds is 3. The van der Waals surface area contributed by atoms with Crippen molar-refractivity contribution in [1.82, 2.24) is 4.72 Å². The Morgan fingerprint density at radius 3 is 2.62 bits per heavy atom. The number of nitrogens with zero attached hydrogens (tertiary/aromatic N) is 1. The fourth-order valence-corrected chi connectivity index (χ4v) is 3.50. The van der Waals surface area contributed by atoms with Crippen LogP contribution in [0.4, 0.5) is 0 Å². The molecule has 0 fully saturated rings. The van der Waals surface area contributed by atoms with Crippen molar-refractivity contribution >= 4 is 15.9 Å². The van der Waals surface area contributed by atoms with Gasteiger partial charge in [0, 0.05) is 11.1 Å². The van der Waals surface area contributed by atoms with Gasteiger partial charge in [0.15, 0.2) is 0 Å². The zero-order valence-electron chi connectivity index (χ0n) is 11.4. The number of ether oxygens (including phenoxy) is 1. The highest BCUT2D eigenvalue weighted by molar-refractivity contribution is 7.90. The van der Waals surface area contributed by atoms with Gasteiger partial charge in [-0.05, 0) is 18.2 Å². The molecule has 108 valence electrons. The van der Waals surface area contributed by atoms with Crippen LogP contribution < -0.4 is 9.46 Å². The normalized spacial score (nSPS) is 17.3. The highest BCUT2D eigenvalue weighted by Crippen LogP contribution is 2.23. The molecule has 0 bridgehead atoms. The Morgan fingerprint density at radius 1 is 1.10 bits per heavy atom. The van der Waals surface area contributed by atoms with Crippen molar-refractivity contribution in [2.45, 2.75) is 11.4 Å². The van der Waals surface area contributed by atoms with E-state index < -0.39 is 10.0 Å². The quantitative estimate of drug-likeness (QED) is 0.942. The van der Waals surface area contributed by atoms with E-state index in [1.165, 1.54) is 0 Å². The Kier molecular flexibility index (Phi) is 3.39. The second-order valence-corrected chi connectivity index (χ2v) is 6.23. The zero-order valence-corrected chi connectivity index (χ0v) is 12.2. The second-order valence-electron chi connectivity index (χ2n) is 4.58. The van der Waals surface area contributed by atoms with Crippen LogP contribution in [0.5, 0.6) is 5.75 Å². The van der Waals surface area contributed by atoms with Crippen LogP contribution in [0.3, 0.4) is 0 Å². The SMILES string of the molecule is COc1ccccc1CN=C1NS(=O)(=O)c2ccccc21. The molecule has 1 N–H and O–H groups in total. The highest BCUT2D eigenvalue weighted by atomic mass is 32.2. The van der Waals surface area contributed by atoms with E-state index in [0.29, 0.717) is 17.9 Å². The highest BCUT2D eigenvalue weighted by Gasteiger charge is 2.29. The first kappa shape index (κ1) is 13.6. The Bertz CT molecular complexity index is 813. The number of para-hydroxylation sites is 1. The van der Waals surface area contributed by atoms with Gasteiger partial charge in [0.25, 0.3) is 10.0 Å². The van der Waals surface area contributed by atoms with Gasteiger partial charge in [-0.1, -0.05) is 30.3 Å². The van der Waals surface area contributed by atoms with Crippen molar-refractivity contribution in [3.8, 4) is 5.75 Å². The first-order valence-electron chi connectivity index (χ1n) is 6.40. The van der Waals surface area contributed by atoms with Gasteiger partial charge in [-0.3, -0.25) is 9.71 Å². The van der Waals surface area contributed by atoms with Crippen molar-refractivity contribution in [1.29, 1.82) is 0 Å². The third-order valence-electron chi connectivity index (χ3n) is 3.26.